The van der Waals surface area contributed by atoms with Crippen molar-refractivity contribution in [3.63, 3.8) is 0 Å². The van der Waals surface area contributed by atoms with Crippen molar-refractivity contribution in [3.8, 4) is 0 Å². The minimum absolute atomic E-state index is 0.0649. The summed E-state index contributed by atoms with van der Waals surface area (Å²) in [5.74, 6) is -0.502. The SMILES string of the molecule is CC(C)(C)CC(=O)OC[C@H]1OC(n2cnc3c(N[C@H]4CCC[C@@H]4O)ncnc32)[C@@H]2OC(C)(C)O[C@H]12. The van der Waals surface area contributed by atoms with Crippen molar-refractivity contribution in [2.24, 2.45) is 5.41 Å². The van der Waals surface area contributed by atoms with Gasteiger partial charge in [0.05, 0.1) is 24.9 Å². The van der Waals surface area contributed by atoms with Crippen LogP contribution in [0.2, 0.25) is 0 Å². The molecule has 0 amide bonds. The van der Waals surface area contributed by atoms with Crippen molar-refractivity contribution in [3.05, 3.63) is 12.7 Å². The van der Waals surface area contributed by atoms with Crippen molar-refractivity contribution in [1.82, 2.24) is 19.5 Å². The van der Waals surface area contributed by atoms with Crippen molar-refractivity contribution in [2.45, 2.75) is 103 Å². The Morgan fingerprint density at radius 1 is 1.23 bits per heavy atom. The molecule has 0 spiro atoms. The van der Waals surface area contributed by atoms with Gasteiger partial charge in [-0.2, -0.15) is 0 Å². The van der Waals surface area contributed by atoms with E-state index in [0.717, 1.165) is 19.3 Å². The molecule has 3 fully saturated rings. The van der Waals surface area contributed by atoms with Gasteiger partial charge in [-0.05, 0) is 38.5 Å². The summed E-state index contributed by atoms with van der Waals surface area (Å²) in [6.07, 6.45) is 3.72. The lowest BCUT2D eigenvalue weighted by Gasteiger charge is -2.25. The quantitative estimate of drug-likeness (QED) is 0.584. The van der Waals surface area contributed by atoms with Crippen LogP contribution < -0.4 is 5.32 Å². The summed E-state index contributed by atoms with van der Waals surface area (Å²) in [6, 6.07) is -0.0649. The number of rotatable bonds is 6. The average Bonchev–Trinajstić information content (AvgIpc) is 3.49. The van der Waals surface area contributed by atoms with Crippen molar-refractivity contribution < 1.29 is 28.8 Å². The van der Waals surface area contributed by atoms with Gasteiger partial charge in [-0.3, -0.25) is 9.36 Å². The van der Waals surface area contributed by atoms with Gasteiger partial charge in [0, 0.05) is 0 Å². The first-order valence-electron chi connectivity index (χ1n) is 12.3. The molecule has 1 aliphatic carbocycles. The monoisotopic (exact) mass is 489 g/mol. The number of hydrogen-bond donors (Lipinski definition) is 2. The molecular formula is C24H35N5O6. The number of aliphatic hydroxyl groups is 1. The smallest absolute Gasteiger partial charge is 0.306 e. The van der Waals surface area contributed by atoms with Crippen LogP contribution in [0.4, 0.5) is 5.82 Å². The van der Waals surface area contributed by atoms with Crippen LogP contribution in [0.25, 0.3) is 11.2 Å². The second-order valence-electron chi connectivity index (χ2n) is 11.3. The number of nitrogens with zero attached hydrogens (tertiary/aromatic N) is 4. The van der Waals surface area contributed by atoms with Crippen LogP contribution in [0.1, 0.15) is 66.5 Å². The predicted octanol–water partition coefficient (Wildman–Crippen LogP) is 2.55. The van der Waals surface area contributed by atoms with Crippen LogP contribution in [0.15, 0.2) is 12.7 Å². The van der Waals surface area contributed by atoms with E-state index in [1.54, 1.807) is 6.33 Å². The molecular weight excluding hydrogens is 454 g/mol. The maximum Gasteiger partial charge on any atom is 0.306 e. The highest BCUT2D eigenvalue weighted by Gasteiger charge is 2.56. The Kier molecular flexibility index (Phi) is 6.23. The highest BCUT2D eigenvalue weighted by atomic mass is 16.8. The fourth-order valence-corrected chi connectivity index (χ4v) is 5.10. The number of carbonyl (C=O) groups is 1. The molecule has 35 heavy (non-hydrogen) atoms. The molecule has 2 saturated heterocycles. The normalized spacial score (nSPS) is 32.2. The van der Waals surface area contributed by atoms with Crippen LogP contribution in [0.5, 0.6) is 0 Å². The molecule has 4 heterocycles. The summed E-state index contributed by atoms with van der Waals surface area (Å²) < 4.78 is 26.0. The summed E-state index contributed by atoms with van der Waals surface area (Å²) in [4.78, 5) is 25.7. The Labute approximate surface area is 204 Å². The number of fused-ring (bicyclic) bond motifs is 2. The number of nitrogens with one attached hydrogen (secondary N) is 1. The van der Waals surface area contributed by atoms with Gasteiger partial charge in [-0.1, -0.05) is 20.8 Å². The summed E-state index contributed by atoms with van der Waals surface area (Å²) >= 11 is 0. The van der Waals surface area contributed by atoms with E-state index < -0.39 is 36.4 Å². The first-order chi connectivity index (χ1) is 16.5. The first kappa shape index (κ1) is 24.4. The maximum atomic E-state index is 12.3. The van der Waals surface area contributed by atoms with Crippen LogP contribution in [0.3, 0.4) is 0 Å². The number of esters is 1. The second-order valence-corrected chi connectivity index (χ2v) is 11.3. The molecule has 0 bridgehead atoms. The highest BCUT2D eigenvalue weighted by Crippen LogP contribution is 2.44. The van der Waals surface area contributed by atoms with Gasteiger partial charge in [0.15, 0.2) is 29.0 Å². The molecule has 2 aromatic heterocycles. The van der Waals surface area contributed by atoms with E-state index in [-0.39, 0.29) is 24.0 Å². The molecule has 11 heteroatoms. The zero-order valence-electron chi connectivity index (χ0n) is 20.9. The Bertz CT molecular complexity index is 1080. The Morgan fingerprint density at radius 3 is 2.71 bits per heavy atom. The number of ether oxygens (including phenoxy) is 4. The number of carbonyl (C=O) groups excluding carboxylic acids is 1. The van der Waals surface area contributed by atoms with Crippen molar-refractivity contribution in [1.29, 1.82) is 0 Å². The second kappa shape index (κ2) is 8.95. The average molecular weight is 490 g/mol. The third-order valence-corrected chi connectivity index (χ3v) is 6.64. The van der Waals surface area contributed by atoms with Gasteiger partial charge in [0.2, 0.25) is 0 Å². The third kappa shape index (κ3) is 5.00. The minimum Gasteiger partial charge on any atom is -0.463 e. The highest BCUT2D eigenvalue weighted by molar-refractivity contribution is 5.83. The van der Waals surface area contributed by atoms with E-state index in [2.05, 4.69) is 20.3 Å². The molecule has 6 atom stereocenters. The maximum absolute atomic E-state index is 12.3. The topological polar surface area (TPSA) is 130 Å². The van der Waals surface area contributed by atoms with Gasteiger partial charge < -0.3 is 29.4 Å². The summed E-state index contributed by atoms with van der Waals surface area (Å²) in [6.45, 7) is 9.75. The lowest BCUT2D eigenvalue weighted by atomic mass is 9.92. The van der Waals surface area contributed by atoms with Crippen LogP contribution >= 0.6 is 0 Å². The Morgan fingerprint density at radius 2 is 2.00 bits per heavy atom. The van der Waals surface area contributed by atoms with Gasteiger partial charge in [0.25, 0.3) is 0 Å². The number of hydrogen-bond acceptors (Lipinski definition) is 10. The van der Waals surface area contributed by atoms with Crippen molar-refractivity contribution >= 4 is 23.0 Å². The Hall–Kier alpha value is -2.34. The summed E-state index contributed by atoms with van der Waals surface area (Å²) in [5, 5.41) is 13.5. The van der Waals surface area contributed by atoms with Gasteiger partial charge in [-0.15, -0.1) is 0 Å². The number of aromatic nitrogens is 4. The molecule has 192 valence electrons. The zero-order chi connectivity index (χ0) is 25.0. The molecule has 1 saturated carbocycles. The third-order valence-electron chi connectivity index (χ3n) is 6.64. The molecule has 0 aromatic carbocycles. The lowest BCUT2D eigenvalue weighted by Crippen LogP contribution is -2.34. The van der Waals surface area contributed by atoms with Crippen molar-refractivity contribution in [2.75, 3.05) is 11.9 Å². The predicted molar refractivity (Wildman–Crippen MR) is 125 cm³/mol. The first-order valence-corrected chi connectivity index (χ1v) is 12.3. The van der Waals surface area contributed by atoms with Gasteiger partial charge in [-0.25, -0.2) is 15.0 Å². The van der Waals surface area contributed by atoms with Gasteiger partial charge >= 0.3 is 5.97 Å². The standard InChI is InChI=1S/C24H35N5O6/c1-23(2,3)9-16(31)32-10-15-18-19(35-24(4,5)34-18)22(33-15)29-12-27-17-20(25-11-26-21(17)29)28-13-7-6-8-14(13)30/h11-15,18-19,22,30H,6-10H2,1-5H3,(H,25,26,28)/t13-,14-,15+,18+,19+,22?/m0/s1. The largest absolute Gasteiger partial charge is 0.463 e. The fraction of sp³-hybridized carbons (Fsp3) is 0.750. The van der Waals surface area contributed by atoms with Crippen LogP contribution in [-0.2, 0) is 23.7 Å². The molecule has 5 rings (SSSR count). The molecule has 2 aromatic rings. The number of anilines is 1. The zero-order valence-corrected chi connectivity index (χ0v) is 20.9. The minimum atomic E-state index is -0.804. The van der Waals surface area contributed by atoms with E-state index in [0.29, 0.717) is 23.4 Å². The molecule has 2 aliphatic heterocycles. The van der Waals surface area contributed by atoms with Gasteiger partial charge in [0.1, 0.15) is 31.2 Å². The van der Waals surface area contributed by atoms with E-state index >= 15 is 0 Å². The van der Waals surface area contributed by atoms with E-state index in [1.807, 2.05) is 39.2 Å². The summed E-state index contributed by atoms with van der Waals surface area (Å²) in [7, 11) is 0. The fourth-order valence-electron chi connectivity index (χ4n) is 5.10. The molecule has 1 unspecified atom stereocenters. The van der Waals surface area contributed by atoms with Crippen LogP contribution in [0, 0.1) is 5.41 Å². The number of aliphatic hydroxyl groups excluding tert-OH is 1. The molecule has 11 nitrogen and oxygen atoms in total. The van der Waals surface area contributed by atoms with E-state index in [4.69, 9.17) is 18.9 Å². The van der Waals surface area contributed by atoms with E-state index in [9.17, 15) is 9.90 Å². The lowest BCUT2D eigenvalue weighted by molar-refractivity contribution is -0.202. The van der Waals surface area contributed by atoms with Crippen LogP contribution in [-0.4, -0.2) is 73.4 Å². The molecule has 0 radical (unpaired) electrons. The molecule has 3 aliphatic rings. The Balaban J connectivity index is 1.37. The molecule has 2 N–H and O–H groups in total. The van der Waals surface area contributed by atoms with E-state index in [1.165, 1.54) is 6.33 Å². The number of imidazole rings is 1. The summed E-state index contributed by atoms with van der Waals surface area (Å²) in [5.41, 5.74) is 1.01.